The van der Waals surface area contributed by atoms with E-state index in [-0.39, 0.29) is 17.0 Å². The number of fused-ring (bicyclic) bond motifs is 3. The molecule has 0 radical (unpaired) electrons. The smallest absolute Gasteiger partial charge is 0.304 e. The summed E-state index contributed by atoms with van der Waals surface area (Å²) in [5, 5.41) is 13.9. The fraction of sp³-hybridized carbons (Fsp3) is 0.0690. The van der Waals surface area contributed by atoms with E-state index in [9.17, 15) is 5.11 Å². The quantitative estimate of drug-likeness (QED) is 0.332. The Labute approximate surface area is 224 Å². The molecule has 5 aromatic rings. The Balaban J connectivity index is 0.00000253. The van der Waals surface area contributed by atoms with Gasteiger partial charge in [0.25, 0.3) is 0 Å². The number of hydrogen-bond acceptors (Lipinski definition) is 1. The molecule has 0 fully saturated rings. The highest BCUT2D eigenvalue weighted by atomic mass is 79.9. The highest BCUT2D eigenvalue weighted by molar-refractivity contribution is 6.30. The zero-order valence-corrected chi connectivity index (χ0v) is 21.7. The molecule has 1 N–H and O–H groups in total. The molecular weight excluding hydrogens is 543 g/mol. The number of aliphatic hydroxyl groups is 1. The van der Waals surface area contributed by atoms with Crippen molar-refractivity contribution in [2.45, 2.75) is 12.0 Å². The van der Waals surface area contributed by atoms with Crippen molar-refractivity contribution >= 4 is 46.0 Å². The zero-order chi connectivity index (χ0) is 23.3. The fourth-order valence-electron chi connectivity index (χ4n) is 4.90. The molecule has 6 heteroatoms. The van der Waals surface area contributed by atoms with E-state index < -0.39 is 5.60 Å². The van der Waals surface area contributed by atoms with Crippen molar-refractivity contribution in [2.75, 3.05) is 0 Å². The Morgan fingerprint density at radius 3 is 2.03 bits per heavy atom. The summed E-state index contributed by atoms with van der Waals surface area (Å²) in [6.45, 7) is 0. The molecule has 3 nitrogen and oxygen atoms in total. The Hall–Kier alpha value is -2.89. The zero-order valence-electron chi connectivity index (χ0n) is 18.6. The molecule has 6 rings (SSSR count). The van der Waals surface area contributed by atoms with Crippen LogP contribution in [0.25, 0.3) is 28.5 Å². The van der Waals surface area contributed by atoms with Gasteiger partial charge in [-0.15, -0.1) is 0 Å². The molecule has 1 aliphatic rings. The van der Waals surface area contributed by atoms with Gasteiger partial charge in [0.15, 0.2) is 16.6 Å². The van der Waals surface area contributed by atoms with Gasteiger partial charge in [0.1, 0.15) is 11.9 Å². The summed E-state index contributed by atoms with van der Waals surface area (Å²) in [7, 11) is 0. The SMILES string of the molecule is OC1(c2ccc(Cl)cc2)CC(c2ccc(Cl)cc2)=C[n+]2c1n(-c1ccccc1)c1ccccc12.[Br-]. The van der Waals surface area contributed by atoms with Gasteiger partial charge >= 0.3 is 5.82 Å². The third kappa shape index (κ3) is 4.01. The lowest BCUT2D eigenvalue weighted by Crippen LogP contribution is -3.00. The second kappa shape index (κ2) is 9.29. The van der Waals surface area contributed by atoms with E-state index >= 15 is 0 Å². The standard InChI is InChI=1S/C29H21Cl2N2O.BrH/c30-23-14-10-20(11-15-23)21-18-29(34,22-12-16-24(31)17-13-22)28-32(19-21)26-8-4-5-9-27(26)33(28)25-6-2-1-3-7-25;/h1-17,19,34H,18H2;1H/q+1;/p-1. The average molecular weight is 564 g/mol. The molecule has 0 saturated carbocycles. The van der Waals surface area contributed by atoms with E-state index in [1.807, 2.05) is 78.9 Å². The van der Waals surface area contributed by atoms with Gasteiger partial charge in [0.2, 0.25) is 0 Å². The van der Waals surface area contributed by atoms with E-state index in [0.29, 0.717) is 16.5 Å². The largest absolute Gasteiger partial charge is 1.00 e. The lowest BCUT2D eigenvalue weighted by molar-refractivity contribution is -0.561. The van der Waals surface area contributed by atoms with Crippen molar-refractivity contribution in [1.29, 1.82) is 0 Å². The summed E-state index contributed by atoms with van der Waals surface area (Å²) in [6, 6.07) is 33.6. The summed E-state index contributed by atoms with van der Waals surface area (Å²) in [5.74, 6) is 0.778. The molecule has 4 aromatic carbocycles. The van der Waals surface area contributed by atoms with E-state index in [2.05, 4.69) is 39.6 Å². The number of rotatable bonds is 3. The van der Waals surface area contributed by atoms with Crippen molar-refractivity contribution in [1.82, 2.24) is 4.57 Å². The summed E-state index contributed by atoms with van der Waals surface area (Å²) in [5.41, 5.74) is 4.54. The van der Waals surface area contributed by atoms with Crippen molar-refractivity contribution in [3.63, 3.8) is 0 Å². The Bertz CT molecular complexity index is 1540. The van der Waals surface area contributed by atoms with Crippen LogP contribution in [0.4, 0.5) is 0 Å². The van der Waals surface area contributed by atoms with Crippen LogP contribution in [0, 0.1) is 0 Å². The lowest BCUT2D eigenvalue weighted by Gasteiger charge is -2.30. The Morgan fingerprint density at radius 2 is 1.34 bits per heavy atom. The predicted octanol–water partition coefficient (Wildman–Crippen LogP) is 3.87. The first-order valence-electron chi connectivity index (χ1n) is 11.1. The van der Waals surface area contributed by atoms with Crippen LogP contribution >= 0.6 is 23.2 Å². The van der Waals surface area contributed by atoms with Crippen molar-refractivity contribution in [3.8, 4) is 5.69 Å². The van der Waals surface area contributed by atoms with Crippen molar-refractivity contribution in [2.24, 2.45) is 0 Å². The third-order valence-electron chi connectivity index (χ3n) is 6.47. The van der Waals surface area contributed by atoms with Gasteiger partial charge in [-0.25, -0.2) is 0 Å². The first-order valence-corrected chi connectivity index (χ1v) is 11.9. The molecule has 1 unspecified atom stereocenters. The van der Waals surface area contributed by atoms with Crippen molar-refractivity contribution < 1.29 is 26.7 Å². The molecule has 2 heterocycles. The van der Waals surface area contributed by atoms with Crippen LogP contribution in [0.2, 0.25) is 10.0 Å². The average Bonchev–Trinajstić information content (AvgIpc) is 3.21. The van der Waals surface area contributed by atoms with Gasteiger partial charge in [-0.1, -0.05) is 77.8 Å². The second-order valence-electron chi connectivity index (χ2n) is 8.56. The molecular formula is C29H21BrCl2N2O. The maximum Gasteiger partial charge on any atom is 0.304 e. The second-order valence-corrected chi connectivity index (χ2v) is 9.43. The minimum Gasteiger partial charge on any atom is -1.00 e. The first kappa shape index (κ1) is 23.8. The van der Waals surface area contributed by atoms with Gasteiger partial charge < -0.3 is 22.1 Å². The molecule has 1 atom stereocenters. The molecule has 35 heavy (non-hydrogen) atoms. The van der Waals surface area contributed by atoms with Crippen LogP contribution in [-0.4, -0.2) is 9.67 Å². The van der Waals surface area contributed by atoms with E-state index in [4.69, 9.17) is 23.2 Å². The number of para-hydroxylation sites is 3. The molecule has 0 amide bonds. The maximum absolute atomic E-state index is 12.6. The van der Waals surface area contributed by atoms with Crippen LogP contribution in [0.3, 0.4) is 0 Å². The highest BCUT2D eigenvalue weighted by Crippen LogP contribution is 2.43. The van der Waals surface area contributed by atoms with E-state index in [1.165, 1.54) is 0 Å². The van der Waals surface area contributed by atoms with Gasteiger partial charge in [-0.05, 0) is 59.7 Å². The normalized spacial score (nSPS) is 16.9. The van der Waals surface area contributed by atoms with Crippen LogP contribution in [0.5, 0.6) is 0 Å². The van der Waals surface area contributed by atoms with E-state index in [1.54, 1.807) is 0 Å². The van der Waals surface area contributed by atoms with Crippen molar-refractivity contribution in [3.05, 3.63) is 130 Å². The Kier molecular flexibility index (Phi) is 6.32. The number of hydrogen-bond donors (Lipinski definition) is 1. The fourth-order valence-corrected chi connectivity index (χ4v) is 5.15. The number of aromatic nitrogens is 2. The van der Waals surface area contributed by atoms with Gasteiger partial charge in [0.05, 0.1) is 0 Å². The molecule has 0 bridgehead atoms. The molecule has 1 aliphatic heterocycles. The highest BCUT2D eigenvalue weighted by Gasteiger charge is 2.48. The molecule has 0 spiro atoms. The maximum atomic E-state index is 12.6. The minimum absolute atomic E-state index is 0. The van der Waals surface area contributed by atoms with Gasteiger partial charge in [-0.3, -0.25) is 0 Å². The van der Waals surface area contributed by atoms with Gasteiger partial charge in [0, 0.05) is 22.0 Å². The lowest BCUT2D eigenvalue weighted by atomic mass is 9.82. The van der Waals surface area contributed by atoms with Crippen LogP contribution < -0.4 is 21.5 Å². The number of nitrogens with zero attached hydrogens (tertiary/aromatic N) is 2. The third-order valence-corrected chi connectivity index (χ3v) is 6.98. The number of halogens is 3. The van der Waals surface area contributed by atoms with Crippen LogP contribution in [0.15, 0.2) is 103 Å². The predicted molar refractivity (Wildman–Crippen MR) is 138 cm³/mol. The summed E-state index contributed by atoms with van der Waals surface area (Å²) in [6.07, 6.45) is 2.53. The molecule has 0 aliphatic carbocycles. The monoisotopic (exact) mass is 562 g/mol. The van der Waals surface area contributed by atoms with Gasteiger partial charge in [-0.2, -0.15) is 9.13 Å². The van der Waals surface area contributed by atoms with E-state index in [0.717, 1.165) is 39.2 Å². The number of benzene rings is 4. The molecule has 1 aromatic heterocycles. The minimum atomic E-state index is -1.30. The molecule has 174 valence electrons. The summed E-state index contributed by atoms with van der Waals surface area (Å²) < 4.78 is 4.27. The van der Waals surface area contributed by atoms with Crippen LogP contribution in [-0.2, 0) is 5.60 Å². The number of imidazole rings is 1. The Morgan fingerprint density at radius 1 is 0.743 bits per heavy atom. The summed E-state index contributed by atoms with van der Waals surface area (Å²) in [4.78, 5) is 0. The first-order chi connectivity index (χ1) is 16.5. The summed E-state index contributed by atoms with van der Waals surface area (Å²) >= 11 is 12.4. The molecule has 0 saturated heterocycles. The van der Waals surface area contributed by atoms with Crippen LogP contribution in [0.1, 0.15) is 23.4 Å². The topological polar surface area (TPSA) is 29.0 Å².